The molecular weight excluding hydrogens is 482 g/mol. The summed E-state index contributed by atoms with van der Waals surface area (Å²) in [6.07, 6.45) is 3.17. The second-order valence-corrected chi connectivity index (χ2v) is 10.0. The van der Waals surface area contributed by atoms with Gasteiger partial charge in [-0.2, -0.15) is 10.4 Å². The smallest absolute Gasteiger partial charge is 0.350 e. The largest absolute Gasteiger partial charge is 0.456 e. The van der Waals surface area contributed by atoms with Gasteiger partial charge in [0.05, 0.1) is 36.1 Å². The van der Waals surface area contributed by atoms with Crippen LogP contribution in [0, 0.1) is 18.3 Å². The maximum absolute atomic E-state index is 12.8. The molecule has 0 aliphatic heterocycles. The summed E-state index contributed by atoms with van der Waals surface area (Å²) in [5, 5.41) is 18.9. The lowest BCUT2D eigenvalue weighted by Crippen LogP contribution is -2.37. The van der Waals surface area contributed by atoms with Crippen molar-refractivity contribution in [2.24, 2.45) is 7.05 Å². The molecule has 11 nitrogen and oxygen atoms in total. The van der Waals surface area contributed by atoms with Crippen LogP contribution in [-0.2, 0) is 16.6 Å². The van der Waals surface area contributed by atoms with Crippen LogP contribution in [0.3, 0.4) is 0 Å². The number of ether oxygens (including phenoxy) is 1. The molecule has 0 spiro atoms. The molecule has 3 rings (SSSR count). The molecule has 2 N–H and O–H groups in total. The molecule has 0 aliphatic carbocycles. The first-order valence-electron chi connectivity index (χ1n) is 11.1. The van der Waals surface area contributed by atoms with Gasteiger partial charge in [0.1, 0.15) is 16.2 Å². The van der Waals surface area contributed by atoms with Crippen LogP contribution in [0.1, 0.15) is 59.5 Å². The first-order valence-corrected chi connectivity index (χ1v) is 11.9. The van der Waals surface area contributed by atoms with Crippen LogP contribution in [0.15, 0.2) is 30.6 Å². The number of aryl methyl sites for hydroxylation is 2. The Morgan fingerprint density at radius 1 is 1.25 bits per heavy atom. The number of esters is 1. The third kappa shape index (κ3) is 7.19. The van der Waals surface area contributed by atoms with Gasteiger partial charge >= 0.3 is 5.97 Å². The molecule has 0 saturated carbocycles. The second kappa shape index (κ2) is 11.1. The van der Waals surface area contributed by atoms with Gasteiger partial charge in [-0.15, -0.1) is 0 Å². The van der Waals surface area contributed by atoms with Crippen molar-refractivity contribution in [2.75, 3.05) is 5.32 Å². The number of nitrogens with one attached hydrogen (secondary N) is 2. The average Bonchev–Trinajstić information content (AvgIpc) is 3.38. The van der Waals surface area contributed by atoms with E-state index in [1.807, 2.05) is 6.07 Å². The van der Waals surface area contributed by atoms with Gasteiger partial charge < -0.3 is 15.4 Å². The lowest BCUT2D eigenvalue weighted by atomic mass is 10.1. The van der Waals surface area contributed by atoms with E-state index in [1.165, 1.54) is 0 Å². The molecule has 2 amide bonds. The van der Waals surface area contributed by atoms with Gasteiger partial charge in [0, 0.05) is 25.2 Å². The monoisotopic (exact) mass is 509 g/mol. The summed E-state index contributed by atoms with van der Waals surface area (Å²) in [7, 11) is 1.78. The van der Waals surface area contributed by atoms with Gasteiger partial charge in [-0.1, -0.05) is 17.4 Å². The van der Waals surface area contributed by atoms with E-state index in [0.717, 1.165) is 16.9 Å². The van der Waals surface area contributed by atoms with Crippen molar-refractivity contribution in [1.82, 2.24) is 25.1 Å². The van der Waals surface area contributed by atoms with E-state index in [0.29, 0.717) is 16.3 Å². The summed E-state index contributed by atoms with van der Waals surface area (Å²) in [5.41, 5.74) is 1.25. The Morgan fingerprint density at radius 3 is 2.64 bits per heavy atom. The molecule has 0 aromatic carbocycles. The van der Waals surface area contributed by atoms with E-state index in [9.17, 15) is 19.6 Å². The Kier molecular flexibility index (Phi) is 8.16. The molecule has 3 aromatic heterocycles. The predicted molar refractivity (Wildman–Crippen MR) is 133 cm³/mol. The summed E-state index contributed by atoms with van der Waals surface area (Å²) in [4.78, 5) is 46.7. The van der Waals surface area contributed by atoms with Crippen LogP contribution < -0.4 is 10.6 Å². The van der Waals surface area contributed by atoms with Gasteiger partial charge in [0.25, 0.3) is 5.91 Å². The number of thiazole rings is 1. The highest BCUT2D eigenvalue weighted by atomic mass is 32.1. The Bertz CT molecular complexity index is 1320. The van der Waals surface area contributed by atoms with E-state index in [1.54, 1.807) is 70.0 Å². The molecule has 0 saturated heterocycles. The maximum Gasteiger partial charge on any atom is 0.350 e. The van der Waals surface area contributed by atoms with Gasteiger partial charge in [0.15, 0.2) is 5.13 Å². The van der Waals surface area contributed by atoms with Crippen molar-refractivity contribution in [3.63, 3.8) is 0 Å². The Morgan fingerprint density at radius 2 is 2.00 bits per heavy atom. The number of pyridine rings is 1. The number of hydrogen-bond donors (Lipinski definition) is 2. The van der Waals surface area contributed by atoms with Crippen molar-refractivity contribution in [3.8, 4) is 17.3 Å². The molecule has 3 heterocycles. The highest BCUT2D eigenvalue weighted by Gasteiger charge is 2.24. The number of aromatic nitrogens is 4. The minimum absolute atomic E-state index is 0.0818. The summed E-state index contributed by atoms with van der Waals surface area (Å²) in [6.45, 7) is 6.94. The summed E-state index contributed by atoms with van der Waals surface area (Å²) in [5.74, 6) is -1.49. The third-order valence-electron chi connectivity index (χ3n) is 4.71. The lowest BCUT2D eigenvalue weighted by molar-refractivity contribution is -0.116. The SMILES string of the molecule is Cc1nc(NC(=O)C[C@@H](CC#N)NC(=O)c2cccc(-c3cnn(C)c3)n2)sc1C(=O)OC(C)(C)C. The first-order chi connectivity index (χ1) is 16.9. The molecule has 3 aromatic rings. The van der Waals surface area contributed by atoms with Gasteiger partial charge in [-0.05, 0) is 39.8 Å². The van der Waals surface area contributed by atoms with E-state index in [2.05, 4.69) is 25.7 Å². The number of nitriles is 1. The van der Waals surface area contributed by atoms with Crippen LogP contribution in [0.4, 0.5) is 5.13 Å². The van der Waals surface area contributed by atoms with Gasteiger partial charge in [0.2, 0.25) is 5.91 Å². The fraction of sp³-hybridized carbons (Fsp3) is 0.375. The zero-order valence-electron chi connectivity index (χ0n) is 20.7. The first kappa shape index (κ1) is 26.5. The number of amides is 2. The summed E-state index contributed by atoms with van der Waals surface area (Å²) < 4.78 is 7.00. The Hall–Kier alpha value is -4.11. The number of carbonyl (C=O) groups is 3. The zero-order valence-corrected chi connectivity index (χ0v) is 21.5. The summed E-state index contributed by atoms with van der Waals surface area (Å²) >= 11 is 1.00. The molecule has 1 atom stereocenters. The van der Waals surface area contributed by atoms with E-state index in [4.69, 9.17) is 4.74 Å². The van der Waals surface area contributed by atoms with E-state index >= 15 is 0 Å². The van der Waals surface area contributed by atoms with Gasteiger partial charge in [-0.25, -0.2) is 14.8 Å². The highest BCUT2D eigenvalue weighted by Crippen LogP contribution is 2.25. The molecular formula is C24H27N7O4S. The third-order valence-corrected chi connectivity index (χ3v) is 5.77. The zero-order chi connectivity index (χ0) is 26.5. The van der Waals surface area contributed by atoms with Crippen LogP contribution in [0.2, 0.25) is 0 Å². The molecule has 36 heavy (non-hydrogen) atoms. The number of hydrogen-bond acceptors (Lipinski definition) is 9. The van der Waals surface area contributed by atoms with Crippen LogP contribution in [0.5, 0.6) is 0 Å². The normalized spacial score (nSPS) is 11.9. The molecule has 0 aliphatic rings. The Balaban J connectivity index is 1.64. The van der Waals surface area contributed by atoms with Crippen molar-refractivity contribution in [2.45, 2.75) is 52.2 Å². The fourth-order valence-corrected chi connectivity index (χ4v) is 4.04. The Labute approximate surface area is 212 Å². The lowest BCUT2D eigenvalue weighted by Gasteiger charge is -2.18. The van der Waals surface area contributed by atoms with Crippen molar-refractivity contribution in [3.05, 3.63) is 46.9 Å². The minimum Gasteiger partial charge on any atom is -0.456 e. The number of carbonyl (C=O) groups excluding carboxylic acids is 3. The van der Waals surface area contributed by atoms with E-state index < -0.39 is 29.4 Å². The number of nitrogens with zero attached hydrogens (tertiary/aromatic N) is 5. The molecule has 12 heteroatoms. The van der Waals surface area contributed by atoms with Crippen molar-refractivity contribution >= 4 is 34.3 Å². The highest BCUT2D eigenvalue weighted by molar-refractivity contribution is 7.17. The standard InChI is InChI=1S/C24H27N7O4S/c1-14-20(22(34)35-24(2,3)4)36-23(27-14)30-19(32)11-16(9-10-25)28-21(33)18-8-6-7-17(29-18)15-12-26-31(5)13-15/h6-8,12-13,16H,9,11H2,1-5H3,(H,28,33)(H,27,30,32)/t16-/m1/s1. The quantitative estimate of drug-likeness (QED) is 0.439. The molecule has 188 valence electrons. The fourth-order valence-electron chi connectivity index (χ4n) is 3.18. The minimum atomic E-state index is -0.752. The van der Waals surface area contributed by atoms with Crippen LogP contribution >= 0.6 is 11.3 Å². The maximum atomic E-state index is 12.8. The second-order valence-electron chi connectivity index (χ2n) is 9.03. The van der Waals surface area contributed by atoms with E-state index in [-0.39, 0.29) is 23.7 Å². The topological polar surface area (TPSA) is 152 Å². The van der Waals surface area contributed by atoms with Gasteiger partial charge in [-0.3, -0.25) is 14.3 Å². The predicted octanol–water partition coefficient (Wildman–Crippen LogP) is 3.24. The summed E-state index contributed by atoms with van der Waals surface area (Å²) in [6, 6.07) is 6.24. The molecule has 0 unspecified atom stereocenters. The molecule has 0 fully saturated rings. The van der Waals surface area contributed by atoms with Crippen LogP contribution in [-0.4, -0.2) is 49.2 Å². The molecule has 0 bridgehead atoms. The average molecular weight is 510 g/mol. The van der Waals surface area contributed by atoms with Crippen molar-refractivity contribution in [1.29, 1.82) is 5.26 Å². The number of anilines is 1. The van der Waals surface area contributed by atoms with Crippen molar-refractivity contribution < 1.29 is 19.1 Å². The molecule has 0 radical (unpaired) electrons. The van der Waals surface area contributed by atoms with Crippen LogP contribution in [0.25, 0.3) is 11.3 Å². The number of rotatable bonds is 8.